The fourth-order valence-corrected chi connectivity index (χ4v) is 3.88. The van der Waals surface area contributed by atoms with Crippen LogP contribution in [-0.2, 0) is 13.0 Å². The quantitative estimate of drug-likeness (QED) is 0.716. The average molecular weight is 396 g/mol. The Bertz CT molecular complexity index is 1050. The number of ether oxygens (including phenoxy) is 4. The predicted molar refractivity (Wildman–Crippen MR) is 109 cm³/mol. The topological polar surface area (TPSA) is 73.0 Å². The summed E-state index contributed by atoms with van der Waals surface area (Å²) in [7, 11) is 6.27. The molecule has 1 N–H and O–H groups in total. The number of hydrogen-bond donors (Lipinski definition) is 1. The van der Waals surface area contributed by atoms with E-state index in [4.69, 9.17) is 18.9 Å². The number of hydrogen-bond acceptors (Lipinski definition) is 5. The van der Waals surface area contributed by atoms with Crippen molar-refractivity contribution in [2.75, 3.05) is 35.0 Å². The molecule has 0 unspecified atom stereocenters. The Morgan fingerprint density at radius 3 is 2.31 bits per heavy atom. The molecule has 3 aromatic rings. The van der Waals surface area contributed by atoms with Crippen LogP contribution in [0.1, 0.15) is 21.6 Å². The molecule has 152 valence electrons. The third-order valence-electron chi connectivity index (χ3n) is 5.38. The monoisotopic (exact) mass is 396 g/mol. The number of nitrogens with zero attached hydrogens (tertiary/aromatic N) is 1. The zero-order valence-corrected chi connectivity index (χ0v) is 17.0. The fourth-order valence-electron chi connectivity index (χ4n) is 3.88. The Morgan fingerprint density at radius 1 is 0.966 bits per heavy atom. The number of nitrogens with one attached hydrogen (secondary N) is 1. The SMILES string of the molecule is COc1ccc2[nH]c3c(c2c1)CN(C(=O)c1cc(OC)c(OC)c(OC)c1)CC3. The van der Waals surface area contributed by atoms with Gasteiger partial charge >= 0.3 is 0 Å². The molecule has 2 heterocycles. The molecule has 7 heteroatoms. The maximum atomic E-state index is 13.3. The molecule has 1 aliphatic heterocycles. The molecule has 0 aliphatic carbocycles. The number of carbonyl (C=O) groups is 1. The van der Waals surface area contributed by atoms with Crippen LogP contribution in [0.25, 0.3) is 10.9 Å². The van der Waals surface area contributed by atoms with Crippen molar-refractivity contribution in [3.05, 3.63) is 47.2 Å². The third kappa shape index (κ3) is 3.22. The zero-order chi connectivity index (χ0) is 20.5. The van der Waals surface area contributed by atoms with Crippen molar-refractivity contribution in [2.24, 2.45) is 0 Å². The molecule has 1 amide bonds. The molecule has 29 heavy (non-hydrogen) atoms. The van der Waals surface area contributed by atoms with Crippen LogP contribution in [0.15, 0.2) is 30.3 Å². The first-order valence-electron chi connectivity index (χ1n) is 9.36. The number of methoxy groups -OCH3 is 4. The molecule has 0 saturated carbocycles. The lowest BCUT2D eigenvalue weighted by molar-refractivity contribution is 0.0734. The second kappa shape index (κ2) is 7.58. The van der Waals surface area contributed by atoms with Crippen LogP contribution in [0.4, 0.5) is 0 Å². The van der Waals surface area contributed by atoms with Gasteiger partial charge in [0.05, 0.1) is 28.4 Å². The highest BCUT2D eigenvalue weighted by Crippen LogP contribution is 2.39. The molecule has 7 nitrogen and oxygen atoms in total. The molecule has 1 aromatic heterocycles. The largest absolute Gasteiger partial charge is 0.497 e. The van der Waals surface area contributed by atoms with Gasteiger partial charge in [-0.1, -0.05) is 0 Å². The second-order valence-electron chi connectivity index (χ2n) is 6.88. The predicted octanol–water partition coefficient (Wildman–Crippen LogP) is 3.40. The van der Waals surface area contributed by atoms with E-state index in [9.17, 15) is 4.79 Å². The van der Waals surface area contributed by atoms with E-state index in [2.05, 4.69) is 4.98 Å². The van der Waals surface area contributed by atoms with Crippen LogP contribution in [0.3, 0.4) is 0 Å². The number of carbonyl (C=O) groups excluding carboxylic acids is 1. The van der Waals surface area contributed by atoms with Crippen LogP contribution in [0.5, 0.6) is 23.0 Å². The molecular formula is C22H24N2O5. The molecule has 0 radical (unpaired) electrons. The van der Waals surface area contributed by atoms with E-state index in [1.54, 1.807) is 26.4 Å². The maximum Gasteiger partial charge on any atom is 0.254 e. The molecule has 0 atom stereocenters. The van der Waals surface area contributed by atoms with Gasteiger partial charge in [-0.15, -0.1) is 0 Å². The summed E-state index contributed by atoms with van der Waals surface area (Å²) in [5.74, 6) is 2.12. The van der Waals surface area contributed by atoms with Crippen molar-refractivity contribution < 1.29 is 23.7 Å². The highest BCUT2D eigenvalue weighted by atomic mass is 16.5. The summed E-state index contributed by atoms with van der Waals surface area (Å²) in [5.41, 5.74) is 3.85. The van der Waals surface area contributed by atoms with Crippen LogP contribution < -0.4 is 18.9 Å². The van der Waals surface area contributed by atoms with Gasteiger partial charge in [0.2, 0.25) is 5.75 Å². The first kappa shape index (κ1) is 19.0. The van der Waals surface area contributed by atoms with Crippen molar-refractivity contribution in [3.63, 3.8) is 0 Å². The summed E-state index contributed by atoms with van der Waals surface area (Å²) in [4.78, 5) is 18.6. The molecular weight excluding hydrogens is 372 g/mol. The minimum atomic E-state index is -0.0767. The van der Waals surface area contributed by atoms with Gasteiger partial charge in [-0.05, 0) is 30.3 Å². The first-order valence-corrected chi connectivity index (χ1v) is 9.36. The summed E-state index contributed by atoms with van der Waals surface area (Å²) in [6, 6.07) is 9.34. The second-order valence-corrected chi connectivity index (χ2v) is 6.88. The summed E-state index contributed by atoms with van der Waals surface area (Å²) in [6.45, 7) is 1.16. The van der Waals surface area contributed by atoms with E-state index >= 15 is 0 Å². The first-order chi connectivity index (χ1) is 14.1. The summed E-state index contributed by atoms with van der Waals surface area (Å²) in [5, 5.41) is 1.08. The Labute approximate surface area is 169 Å². The van der Waals surface area contributed by atoms with Gasteiger partial charge in [0.1, 0.15) is 5.75 Å². The summed E-state index contributed by atoms with van der Waals surface area (Å²) >= 11 is 0. The van der Waals surface area contributed by atoms with E-state index in [1.807, 2.05) is 23.1 Å². The molecule has 1 aliphatic rings. The lowest BCUT2D eigenvalue weighted by Gasteiger charge is -2.28. The highest BCUT2D eigenvalue weighted by Gasteiger charge is 2.27. The van der Waals surface area contributed by atoms with Gasteiger partial charge in [0.25, 0.3) is 5.91 Å². The number of amides is 1. The standard InChI is InChI=1S/C22H24N2O5/c1-26-14-5-6-17-15(11-14)16-12-24(8-7-18(16)23-17)22(25)13-9-19(27-2)21(29-4)20(10-13)28-3/h5-6,9-11,23H,7-8,12H2,1-4H3. The number of H-pyrrole nitrogens is 1. The third-order valence-corrected chi connectivity index (χ3v) is 5.38. The van der Waals surface area contributed by atoms with Gasteiger partial charge < -0.3 is 28.8 Å². The normalized spacial score (nSPS) is 13.2. The van der Waals surface area contributed by atoms with Crippen molar-refractivity contribution in [1.82, 2.24) is 9.88 Å². The smallest absolute Gasteiger partial charge is 0.254 e. The average Bonchev–Trinajstić information content (AvgIpc) is 3.14. The van der Waals surface area contributed by atoms with Crippen LogP contribution in [0, 0.1) is 0 Å². The van der Waals surface area contributed by atoms with E-state index in [0.29, 0.717) is 35.9 Å². The van der Waals surface area contributed by atoms with Crippen LogP contribution >= 0.6 is 0 Å². The Kier molecular flexibility index (Phi) is 4.96. The number of rotatable bonds is 5. The highest BCUT2D eigenvalue weighted by molar-refractivity contribution is 5.96. The number of aromatic amines is 1. The van der Waals surface area contributed by atoms with Gasteiger partial charge in [-0.25, -0.2) is 0 Å². The van der Waals surface area contributed by atoms with E-state index < -0.39 is 0 Å². The lowest BCUT2D eigenvalue weighted by Crippen LogP contribution is -2.35. The van der Waals surface area contributed by atoms with Crippen molar-refractivity contribution in [2.45, 2.75) is 13.0 Å². The molecule has 0 fully saturated rings. The van der Waals surface area contributed by atoms with Crippen molar-refractivity contribution in [3.8, 4) is 23.0 Å². The summed E-state index contributed by atoms with van der Waals surface area (Å²) < 4.78 is 21.5. The minimum absolute atomic E-state index is 0.0767. The molecule has 0 spiro atoms. The summed E-state index contributed by atoms with van der Waals surface area (Å²) in [6.07, 6.45) is 0.766. The molecule has 2 aromatic carbocycles. The van der Waals surface area contributed by atoms with Gasteiger partial charge in [0.15, 0.2) is 11.5 Å². The van der Waals surface area contributed by atoms with Gasteiger partial charge in [0, 0.05) is 47.2 Å². The Hall–Kier alpha value is -3.35. The fraction of sp³-hybridized carbons (Fsp3) is 0.318. The number of fused-ring (bicyclic) bond motifs is 3. The molecule has 0 bridgehead atoms. The van der Waals surface area contributed by atoms with Crippen molar-refractivity contribution >= 4 is 16.8 Å². The van der Waals surface area contributed by atoms with Crippen LogP contribution in [0.2, 0.25) is 0 Å². The Morgan fingerprint density at radius 2 is 1.69 bits per heavy atom. The van der Waals surface area contributed by atoms with E-state index in [0.717, 1.165) is 28.6 Å². The van der Waals surface area contributed by atoms with Crippen molar-refractivity contribution in [1.29, 1.82) is 0 Å². The van der Waals surface area contributed by atoms with Gasteiger partial charge in [-0.2, -0.15) is 0 Å². The lowest BCUT2D eigenvalue weighted by atomic mass is 10.0. The molecule has 0 saturated heterocycles. The number of aromatic nitrogens is 1. The van der Waals surface area contributed by atoms with E-state index in [1.165, 1.54) is 19.9 Å². The minimum Gasteiger partial charge on any atom is -0.497 e. The van der Waals surface area contributed by atoms with E-state index in [-0.39, 0.29) is 5.91 Å². The maximum absolute atomic E-state index is 13.3. The Balaban J connectivity index is 1.68. The molecule has 4 rings (SSSR count). The number of benzene rings is 2. The van der Waals surface area contributed by atoms with Crippen LogP contribution in [-0.4, -0.2) is 50.8 Å². The van der Waals surface area contributed by atoms with Gasteiger partial charge in [-0.3, -0.25) is 4.79 Å². The zero-order valence-electron chi connectivity index (χ0n) is 17.0.